The molecule has 122 valence electrons. The third-order valence-electron chi connectivity index (χ3n) is 3.52. The predicted octanol–water partition coefficient (Wildman–Crippen LogP) is 1.38. The Morgan fingerprint density at radius 1 is 1.17 bits per heavy atom. The van der Waals surface area contributed by atoms with Crippen molar-refractivity contribution >= 4 is 5.91 Å². The largest absolute Gasteiger partial charge is 0.493 e. The van der Waals surface area contributed by atoms with Crippen LogP contribution in [0.2, 0.25) is 0 Å². The van der Waals surface area contributed by atoms with Gasteiger partial charge in [-0.05, 0) is 36.2 Å². The first-order valence-corrected chi connectivity index (χ1v) is 7.21. The van der Waals surface area contributed by atoms with Crippen molar-refractivity contribution in [2.24, 2.45) is 7.05 Å². The Labute approximate surface area is 134 Å². The van der Waals surface area contributed by atoms with Gasteiger partial charge in [-0.3, -0.25) is 9.59 Å². The number of aryl methyl sites for hydroxylation is 1. The average Bonchev–Trinajstić information content (AvgIpc) is 2.57. The van der Waals surface area contributed by atoms with E-state index in [1.165, 1.54) is 10.6 Å². The fourth-order valence-electron chi connectivity index (χ4n) is 2.22. The van der Waals surface area contributed by atoms with E-state index in [2.05, 4.69) is 5.32 Å². The van der Waals surface area contributed by atoms with Crippen LogP contribution in [0.1, 0.15) is 15.9 Å². The molecule has 2 aromatic rings. The van der Waals surface area contributed by atoms with E-state index in [4.69, 9.17) is 9.47 Å². The zero-order valence-electron chi connectivity index (χ0n) is 13.5. The van der Waals surface area contributed by atoms with E-state index in [9.17, 15) is 9.59 Å². The summed E-state index contributed by atoms with van der Waals surface area (Å²) in [6.45, 7) is 0.423. The average molecular weight is 316 g/mol. The molecule has 1 amide bonds. The molecule has 0 atom stereocenters. The van der Waals surface area contributed by atoms with Crippen molar-refractivity contribution in [3.05, 3.63) is 58.0 Å². The third kappa shape index (κ3) is 3.91. The van der Waals surface area contributed by atoms with Crippen molar-refractivity contribution in [1.29, 1.82) is 0 Å². The molecule has 6 nitrogen and oxygen atoms in total. The van der Waals surface area contributed by atoms with Crippen molar-refractivity contribution in [2.75, 3.05) is 20.8 Å². The SMILES string of the molecule is COc1ccc(CCNC(=O)c2cccn(C)c2=O)cc1OC. The summed E-state index contributed by atoms with van der Waals surface area (Å²) in [4.78, 5) is 23.9. The van der Waals surface area contributed by atoms with Crippen LogP contribution in [0.4, 0.5) is 0 Å². The van der Waals surface area contributed by atoms with Gasteiger partial charge in [0.2, 0.25) is 0 Å². The summed E-state index contributed by atoms with van der Waals surface area (Å²) in [5.74, 6) is 0.938. The van der Waals surface area contributed by atoms with Gasteiger partial charge in [-0.25, -0.2) is 0 Å². The Hall–Kier alpha value is -2.76. The van der Waals surface area contributed by atoms with Crippen LogP contribution >= 0.6 is 0 Å². The van der Waals surface area contributed by atoms with Crippen molar-refractivity contribution < 1.29 is 14.3 Å². The lowest BCUT2D eigenvalue weighted by Crippen LogP contribution is -2.32. The van der Waals surface area contributed by atoms with Crippen LogP contribution in [0.15, 0.2) is 41.3 Å². The lowest BCUT2D eigenvalue weighted by Gasteiger charge is -2.10. The van der Waals surface area contributed by atoms with Crippen molar-refractivity contribution in [3.63, 3.8) is 0 Å². The molecule has 1 heterocycles. The highest BCUT2D eigenvalue weighted by Gasteiger charge is 2.10. The van der Waals surface area contributed by atoms with Crippen molar-refractivity contribution in [3.8, 4) is 11.5 Å². The van der Waals surface area contributed by atoms with E-state index < -0.39 is 0 Å². The van der Waals surface area contributed by atoms with Gasteiger partial charge in [0.25, 0.3) is 11.5 Å². The number of benzene rings is 1. The molecule has 0 unspecified atom stereocenters. The molecule has 1 N–H and O–H groups in total. The molecular formula is C17H20N2O4. The van der Waals surface area contributed by atoms with Gasteiger partial charge in [0.15, 0.2) is 11.5 Å². The molecule has 0 spiro atoms. The molecule has 2 rings (SSSR count). The van der Waals surface area contributed by atoms with Gasteiger partial charge in [-0.15, -0.1) is 0 Å². The summed E-state index contributed by atoms with van der Waals surface area (Å²) in [7, 11) is 4.77. The van der Waals surface area contributed by atoms with E-state index in [0.29, 0.717) is 24.5 Å². The summed E-state index contributed by atoms with van der Waals surface area (Å²) in [6.07, 6.45) is 2.24. The number of rotatable bonds is 6. The number of amides is 1. The summed E-state index contributed by atoms with van der Waals surface area (Å²) < 4.78 is 11.8. The smallest absolute Gasteiger partial charge is 0.263 e. The lowest BCUT2D eigenvalue weighted by molar-refractivity contribution is 0.0952. The summed E-state index contributed by atoms with van der Waals surface area (Å²) in [5.41, 5.74) is 0.836. The highest BCUT2D eigenvalue weighted by Crippen LogP contribution is 2.27. The first-order chi connectivity index (χ1) is 11.1. The highest BCUT2D eigenvalue weighted by atomic mass is 16.5. The molecule has 23 heavy (non-hydrogen) atoms. The summed E-state index contributed by atoms with van der Waals surface area (Å²) >= 11 is 0. The number of carbonyl (C=O) groups is 1. The molecular weight excluding hydrogens is 296 g/mol. The van der Waals surface area contributed by atoms with E-state index >= 15 is 0 Å². The second-order valence-electron chi connectivity index (χ2n) is 5.03. The van der Waals surface area contributed by atoms with Gasteiger partial charge < -0.3 is 19.4 Å². The molecule has 1 aromatic heterocycles. The number of aromatic nitrogens is 1. The molecule has 0 fully saturated rings. The second-order valence-corrected chi connectivity index (χ2v) is 5.03. The van der Waals surface area contributed by atoms with E-state index in [0.717, 1.165) is 5.56 Å². The molecule has 0 aliphatic heterocycles. The minimum atomic E-state index is -0.369. The topological polar surface area (TPSA) is 69.6 Å². The number of hydrogen-bond acceptors (Lipinski definition) is 4. The van der Waals surface area contributed by atoms with Gasteiger partial charge >= 0.3 is 0 Å². The minimum Gasteiger partial charge on any atom is -0.493 e. The molecule has 0 bridgehead atoms. The number of nitrogens with one attached hydrogen (secondary N) is 1. The number of carbonyl (C=O) groups excluding carboxylic acids is 1. The molecule has 0 aliphatic rings. The van der Waals surface area contributed by atoms with Crippen LogP contribution < -0.4 is 20.3 Å². The van der Waals surface area contributed by atoms with E-state index in [1.54, 1.807) is 33.5 Å². The van der Waals surface area contributed by atoms with Crippen LogP contribution in [-0.2, 0) is 13.5 Å². The van der Waals surface area contributed by atoms with Gasteiger partial charge in [0.05, 0.1) is 14.2 Å². The van der Waals surface area contributed by atoms with Gasteiger partial charge in [0, 0.05) is 19.8 Å². The van der Waals surface area contributed by atoms with Gasteiger partial charge in [0.1, 0.15) is 5.56 Å². The fourth-order valence-corrected chi connectivity index (χ4v) is 2.22. The Morgan fingerprint density at radius 3 is 2.61 bits per heavy atom. The number of hydrogen-bond donors (Lipinski definition) is 1. The standard InChI is InChI=1S/C17H20N2O4/c1-19-10-4-5-13(17(19)21)16(20)18-9-8-12-6-7-14(22-2)15(11-12)23-3/h4-7,10-11H,8-9H2,1-3H3,(H,18,20). The zero-order valence-corrected chi connectivity index (χ0v) is 13.5. The van der Waals surface area contributed by atoms with Crippen LogP contribution in [0.5, 0.6) is 11.5 Å². The molecule has 1 aromatic carbocycles. The fraction of sp³-hybridized carbons (Fsp3) is 0.294. The van der Waals surface area contributed by atoms with Crippen molar-refractivity contribution in [2.45, 2.75) is 6.42 Å². The maximum Gasteiger partial charge on any atom is 0.263 e. The Bertz CT molecular complexity index is 752. The monoisotopic (exact) mass is 316 g/mol. The number of nitrogens with zero attached hydrogens (tertiary/aromatic N) is 1. The Kier molecular flexibility index (Phi) is 5.41. The lowest BCUT2D eigenvalue weighted by atomic mass is 10.1. The van der Waals surface area contributed by atoms with Crippen LogP contribution in [-0.4, -0.2) is 31.2 Å². The quantitative estimate of drug-likeness (QED) is 0.874. The molecule has 0 radical (unpaired) electrons. The summed E-state index contributed by atoms with van der Waals surface area (Å²) in [5, 5.41) is 2.76. The minimum absolute atomic E-state index is 0.141. The van der Waals surface area contributed by atoms with Crippen LogP contribution in [0, 0.1) is 0 Å². The van der Waals surface area contributed by atoms with E-state index in [-0.39, 0.29) is 17.0 Å². The predicted molar refractivity (Wildman–Crippen MR) is 87.3 cm³/mol. The van der Waals surface area contributed by atoms with Crippen LogP contribution in [0.3, 0.4) is 0 Å². The van der Waals surface area contributed by atoms with Crippen LogP contribution in [0.25, 0.3) is 0 Å². The molecule has 0 aliphatic carbocycles. The van der Waals surface area contributed by atoms with Gasteiger partial charge in [-0.2, -0.15) is 0 Å². The number of methoxy groups -OCH3 is 2. The summed E-state index contributed by atoms with van der Waals surface area (Å²) in [6, 6.07) is 8.79. The van der Waals surface area contributed by atoms with Gasteiger partial charge in [-0.1, -0.05) is 6.07 Å². The zero-order chi connectivity index (χ0) is 16.8. The highest BCUT2D eigenvalue weighted by molar-refractivity contribution is 5.93. The van der Waals surface area contributed by atoms with E-state index in [1.807, 2.05) is 18.2 Å². The first kappa shape index (κ1) is 16.6. The normalized spacial score (nSPS) is 10.2. The molecule has 0 saturated heterocycles. The first-order valence-electron chi connectivity index (χ1n) is 7.21. The second kappa shape index (κ2) is 7.49. The maximum absolute atomic E-state index is 12.1. The third-order valence-corrected chi connectivity index (χ3v) is 3.52. The Balaban J connectivity index is 1.98. The maximum atomic E-state index is 12.1. The Morgan fingerprint density at radius 2 is 1.91 bits per heavy atom. The molecule has 6 heteroatoms. The van der Waals surface area contributed by atoms with Crippen molar-refractivity contribution in [1.82, 2.24) is 9.88 Å². The molecule has 0 saturated carbocycles. The number of pyridine rings is 1. The number of ether oxygens (including phenoxy) is 2.